The first-order valence-corrected chi connectivity index (χ1v) is 5.05. The van der Waals surface area contributed by atoms with Crippen molar-refractivity contribution in [2.24, 2.45) is 0 Å². The molecule has 0 radical (unpaired) electrons. The fourth-order valence-corrected chi connectivity index (χ4v) is 1.25. The summed E-state index contributed by atoms with van der Waals surface area (Å²) in [5.74, 6) is -0.326. The molecule has 0 unspecified atom stereocenters. The highest BCUT2D eigenvalue weighted by atomic mass is 127. The molecular formula is C9H9FINO2. The average molecular weight is 309 g/mol. The highest BCUT2D eigenvalue weighted by Crippen LogP contribution is 2.20. The Kier molecular flexibility index (Phi) is 4.12. The summed E-state index contributed by atoms with van der Waals surface area (Å²) < 4.78 is 12.4. The van der Waals surface area contributed by atoms with Crippen LogP contribution < -0.4 is 5.32 Å². The van der Waals surface area contributed by atoms with Crippen molar-refractivity contribution < 1.29 is 14.3 Å². The number of aromatic hydroxyl groups is 1. The van der Waals surface area contributed by atoms with Gasteiger partial charge in [0.05, 0.1) is 3.57 Å². The van der Waals surface area contributed by atoms with Crippen LogP contribution in [0.4, 0.5) is 4.39 Å². The minimum Gasteiger partial charge on any atom is -0.507 e. The van der Waals surface area contributed by atoms with E-state index in [1.54, 1.807) is 12.1 Å². The van der Waals surface area contributed by atoms with E-state index < -0.39 is 6.67 Å². The number of amides is 1. The molecule has 3 nitrogen and oxygen atoms in total. The van der Waals surface area contributed by atoms with Crippen LogP contribution in [0.2, 0.25) is 0 Å². The van der Waals surface area contributed by atoms with Crippen LogP contribution in [0.15, 0.2) is 18.2 Å². The summed E-state index contributed by atoms with van der Waals surface area (Å²) in [7, 11) is 0. The van der Waals surface area contributed by atoms with E-state index in [2.05, 4.69) is 5.32 Å². The molecule has 1 aromatic carbocycles. The number of hydrogen-bond acceptors (Lipinski definition) is 2. The minimum atomic E-state index is -0.595. The van der Waals surface area contributed by atoms with E-state index >= 15 is 0 Å². The smallest absolute Gasteiger partial charge is 0.251 e. The average Bonchev–Trinajstić information content (AvgIpc) is 2.18. The van der Waals surface area contributed by atoms with Gasteiger partial charge in [-0.2, -0.15) is 0 Å². The van der Waals surface area contributed by atoms with Crippen LogP contribution in [0.1, 0.15) is 10.4 Å². The summed E-state index contributed by atoms with van der Waals surface area (Å²) in [6.07, 6.45) is 0. The Morgan fingerprint density at radius 3 is 2.86 bits per heavy atom. The van der Waals surface area contributed by atoms with Crippen molar-refractivity contribution in [1.29, 1.82) is 0 Å². The normalized spacial score (nSPS) is 9.86. The van der Waals surface area contributed by atoms with Gasteiger partial charge >= 0.3 is 0 Å². The van der Waals surface area contributed by atoms with Gasteiger partial charge in [0.1, 0.15) is 12.4 Å². The lowest BCUT2D eigenvalue weighted by molar-refractivity contribution is 0.0950. The predicted octanol–water partition coefficient (Wildman–Crippen LogP) is 1.70. The van der Waals surface area contributed by atoms with Crippen LogP contribution >= 0.6 is 22.6 Å². The predicted molar refractivity (Wildman–Crippen MR) is 59.1 cm³/mol. The third kappa shape index (κ3) is 2.83. The molecule has 2 N–H and O–H groups in total. The molecule has 0 atom stereocenters. The summed E-state index contributed by atoms with van der Waals surface area (Å²) in [5, 5.41) is 11.7. The number of rotatable bonds is 3. The Morgan fingerprint density at radius 1 is 1.57 bits per heavy atom. The zero-order valence-electron chi connectivity index (χ0n) is 7.26. The van der Waals surface area contributed by atoms with Gasteiger partial charge in [0, 0.05) is 12.1 Å². The molecule has 0 heterocycles. The minimum absolute atomic E-state index is 0.00835. The van der Waals surface area contributed by atoms with Crippen molar-refractivity contribution in [3.05, 3.63) is 27.3 Å². The molecule has 5 heteroatoms. The maximum absolute atomic E-state index is 11.7. The van der Waals surface area contributed by atoms with E-state index in [0.29, 0.717) is 9.13 Å². The molecule has 0 saturated carbocycles. The van der Waals surface area contributed by atoms with Crippen molar-refractivity contribution in [2.45, 2.75) is 0 Å². The molecule has 0 fully saturated rings. The zero-order valence-corrected chi connectivity index (χ0v) is 9.42. The molecule has 0 aliphatic heterocycles. The lowest BCUT2D eigenvalue weighted by Crippen LogP contribution is -2.25. The van der Waals surface area contributed by atoms with Gasteiger partial charge in [-0.15, -0.1) is 0 Å². The highest BCUT2D eigenvalue weighted by molar-refractivity contribution is 14.1. The van der Waals surface area contributed by atoms with Gasteiger partial charge in [0.25, 0.3) is 5.91 Å². The standard InChI is InChI=1S/C9H9FINO2/c10-3-4-12-9(14)6-1-2-7(11)8(13)5-6/h1-2,5,13H,3-4H2,(H,12,14). The largest absolute Gasteiger partial charge is 0.507 e. The van der Waals surface area contributed by atoms with Crippen molar-refractivity contribution in [3.63, 3.8) is 0 Å². The molecule has 0 aliphatic carbocycles. The highest BCUT2D eigenvalue weighted by Gasteiger charge is 2.06. The molecule has 1 aromatic rings. The molecule has 0 spiro atoms. The Hall–Kier alpha value is -0.850. The van der Waals surface area contributed by atoms with Gasteiger partial charge in [0.2, 0.25) is 0 Å². The quantitative estimate of drug-likeness (QED) is 0.835. The van der Waals surface area contributed by atoms with Gasteiger partial charge in [0.15, 0.2) is 0 Å². The van der Waals surface area contributed by atoms with Crippen LogP contribution in [0.5, 0.6) is 5.75 Å². The maximum Gasteiger partial charge on any atom is 0.251 e. The second-order valence-corrected chi connectivity index (χ2v) is 3.77. The monoisotopic (exact) mass is 309 g/mol. The summed E-state index contributed by atoms with van der Waals surface area (Å²) in [6.45, 7) is -0.604. The van der Waals surface area contributed by atoms with Gasteiger partial charge in [-0.25, -0.2) is 4.39 Å². The fourth-order valence-electron chi connectivity index (χ4n) is 0.917. The number of carbonyl (C=O) groups excluding carboxylic acids is 1. The molecule has 0 aliphatic rings. The summed E-state index contributed by atoms with van der Waals surface area (Å²) >= 11 is 1.95. The van der Waals surface area contributed by atoms with Crippen LogP contribution in [0.3, 0.4) is 0 Å². The van der Waals surface area contributed by atoms with Crippen LogP contribution in [-0.4, -0.2) is 24.2 Å². The number of alkyl halides is 1. The second kappa shape index (κ2) is 5.14. The number of benzene rings is 1. The van der Waals surface area contributed by atoms with E-state index in [1.165, 1.54) is 6.07 Å². The van der Waals surface area contributed by atoms with Crippen LogP contribution in [0, 0.1) is 3.57 Å². The molecule has 0 saturated heterocycles. The molecular weight excluding hydrogens is 300 g/mol. The van der Waals surface area contributed by atoms with Crippen molar-refractivity contribution >= 4 is 28.5 Å². The van der Waals surface area contributed by atoms with Crippen molar-refractivity contribution in [2.75, 3.05) is 13.2 Å². The first-order chi connectivity index (χ1) is 6.65. The molecule has 1 rings (SSSR count). The van der Waals surface area contributed by atoms with Crippen LogP contribution in [0.25, 0.3) is 0 Å². The number of halogens is 2. The van der Waals surface area contributed by atoms with Crippen LogP contribution in [-0.2, 0) is 0 Å². The first-order valence-electron chi connectivity index (χ1n) is 3.98. The number of hydrogen-bond donors (Lipinski definition) is 2. The second-order valence-electron chi connectivity index (χ2n) is 2.61. The summed E-state index contributed by atoms with van der Waals surface area (Å²) in [5.41, 5.74) is 0.330. The first kappa shape index (κ1) is 11.2. The van der Waals surface area contributed by atoms with Gasteiger partial charge in [-0.05, 0) is 40.8 Å². The Balaban J connectivity index is 2.76. The Bertz CT molecular complexity index is 344. The number of phenolic OH excluding ortho intramolecular Hbond substituents is 1. The van der Waals surface area contributed by atoms with Gasteiger partial charge in [-0.1, -0.05) is 0 Å². The van der Waals surface area contributed by atoms with E-state index in [9.17, 15) is 14.3 Å². The van der Waals surface area contributed by atoms with Gasteiger partial charge in [-0.3, -0.25) is 4.79 Å². The summed E-state index contributed by atoms with van der Waals surface area (Å²) in [4.78, 5) is 11.3. The number of carbonyl (C=O) groups is 1. The fraction of sp³-hybridized carbons (Fsp3) is 0.222. The Labute approximate surface area is 94.5 Å². The molecule has 1 amide bonds. The molecule has 14 heavy (non-hydrogen) atoms. The van der Waals surface area contributed by atoms with Crippen molar-refractivity contribution in [1.82, 2.24) is 5.32 Å². The SMILES string of the molecule is O=C(NCCF)c1ccc(I)c(O)c1. The maximum atomic E-state index is 11.7. The Morgan fingerprint density at radius 2 is 2.29 bits per heavy atom. The van der Waals surface area contributed by atoms with E-state index in [-0.39, 0.29) is 18.2 Å². The summed E-state index contributed by atoms with van der Waals surface area (Å²) in [6, 6.07) is 4.56. The van der Waals surface area contributed by atoms with E-state index in [1.807, 2.05) is 22.6 Å². The molecule has 0 aromatic heterocycles. The lowest BCUT2D eigenvalue weighted by Gasteiger charge is -2.03. The third-order valence-electron chi connectivity index (χ3n) is 1.59. The van der Waals surface area contributed by atoms with Gasteiger partial charge < -0.3 is 10.4 Å². The molecule has 0 bridgehead atoms. The zero-order chi connectivity index (χ0) is 10.6. The number of nitrogens with one attached hydrogen (secondary N) is 1. The van der Waals surface area contributed by atoms with E-state index in [4.69, 9.17) is 0 Å². The molecule has 76 valence electrons. The lowest BCUT2D eigenvalue weighted by atomic mass is 10.2. The number of phenols is 1. The third-order valence-corrected chi connectivity index (χ3v) is 2.50. The van der Waals surface area contributed by atoms with Crippen molar-refractivity contribution in [3.8, 4) is 5.75 Å². The van der Waals surface area contributed by atoms with E-state index in [0.717, 1.165) is 0 Å². The topological polar surface area (TPSA) is 49.3 Å².